The molecule has 112 valence electrons. The molecule has 5 nitrogen and oxygen atoms in total. The maximum absolute atomic E-state index is 13.9. The van der Waals surface area contributed by atoms with Crippen LogP contribution in [-0.2, 0) is 16.8 Å². The maximum atomic E-state index is 13.9. The summed E-state index contributed by atoms with van der Waals surface area (Å²) in [5.74, 6) is -0.472. The predicted molar refractivity (Wildman–Crippen MR) is 79.4 cm³/mol. The molecule has 0 aliphatic heterocycles. The summed E-state index contributed by atoms with van der Waals surface area (Å²) in [6.07, 6.45) is 4.66. The van der Waals surface area contributed by atoms with Crippen LogP contribution in [0.2, 0.25) is 0 Å². The highest BCUT2D eigenvalue weighted by atomic mass is 32.2. The lowest BCUT2D eigenvalue weighted by Gasteiger charge is -2.10. The Bertz CT molecular complexity index is 818. The second-order valence-electron chi connectivity index (χ2n) is 4.58. The van der Waals surface area contributed by atoms with Crippen molar-refractivity contribution in [2.24, 2.45) is 0 Å². The van der Waals surface area contributed by atoms with Crippen LogP contribution in [0.3, 0.4) is 0 Å². The van der Waals surface area contributed by atoms with Gasteiger partial charge in [0.1, 0.15) is 5.82 Å². The number of nitrogens with zero attached hydrogens (tertiary/aromatic N) is 3. The van der Waals surface area contributed by atoms with Gasteiger partial charge in [0.05, 0.1) is 41.5 Å². The number of hydrogen-bond donors (Lipinski definition) is 0. The van der Waals surface area contributed by atoms with Crippen LogP contribution >= 0.6 is 0 Å². The predicted octanol–water partition coefficient (Wildman–Crippen LogP) is 2.45. The smallest absolute Gasteiger partial charge is 0.132 e. The van der Waals surface area contributed by atoms with Gasteiger partial charge in [-0.15, -0.1) is 0 Å². The molecular weight excluding hydrogens is 305 g/mol. The fourth-order valence-corrected chi connectivity index (χ4v) is 2.55. The molecule has 2 aromatic heterocycles. The molecule has 1 unspecified atom stereocenters. The van der Waals surface area contributed by atoms with Gasteiger partial charge in [-0.25, -0.2) is 9.37 Å². The first-order chi connectivity index (χ1) is 10.6. The summed E-state index contributed by atoms with van der Waals surface area (Å²) < 4.78 is 37.0. The molecule has 0 fully saturated rings. The molecule has 0 radical (unpaired) electrons. The minimum atomic E-state index is -2.18. The van der Waals surface area contributed by atoms with Crippen molar-refractivity contribution in [2.45, 2.75) is 5.75 Å². The third-order valence-corrected chi connectivity index (χ3v) is 3.67. The summed E-state index contributed by atoms with van der Waals surface area (Å²) in [4.78, 5) is 8.15. The van der Waals surface area contributed by atoms with E-state index in [-0.39, 0.29) is 11.6 Å². The number of aromatic nitrogens is 3. The van der Waals surface area contributed by atoms with E-state index in [4.69, 9.17) is 0 Å². The van der Waals surface area contributed by atoms with E-state index in [1.165, 1.54) is 12.3 Å². The monoisotopic (exact) mass is 316 g/mol. The summed E-state index contributed by atoms with van der Waals surface area (Å²) in [7, 11) is 0. The molecule has 0 N–H and O–H groups in total. The fraction of sp³-hybridized carbons (Fsp3) is 0.0667. The largest absolute Gasteiger partial charge is 0.772 e. The molecule has 2 heterocycles. The van der Waals surface area contributed by atoms with E-state index < -0.39 is 11.1 Å². The van der Waals surface area contributed by atoms with Gasteiger partial charge < -0.3 is 4.55 Å². The van der Waals surface area contributed by atoms with Gasteiger partial charge in [0, 0.05) is 5.56 Å². The van der Waals surface area contributed by atoms with Crippen LogP contribution in [0.5, 0.6) is 0 Å². The van der Waals surface area contributed by atoms with E-state index in [0.29, 0.717) is 22.6 Å². The molecule has 1 atom stereocenters. The Labute approximate surface area is 128 Å². The molecule has 0 aliphatic rings. The molecule has 0 bridgehead atoms. The van der Waals surface area contributed by atoms with Gasteiger partial charge in [0.25, 0.3) is 0 Å². The first kappa shape index (κ1) is 14.6. The zero-order valence-corrected chi connectivity index (χ0v) is 12.2. The number of hydrogen-bond acceptors (Lipinski definition) is 4. The van der Waals surface area contributed by atoms with Crippen molar-refractivity contribution in [3.05, 3.63) is 66.6 Å². The average Bonchev–Trinajstić information content (AvgIpc) is 2.97. The van der Waals surface area contributed by atoms with Crippen LogP contribution in [0.4, 0.5) is 4.39 Å². The number of halogens is 1. The average molecular weight is 316 g/mol. The summed E-state index contributed by atoms with van der Waals surface area (Å²) >= 11 is -2.18. The Morgan fingerprint density at radius 3 is 2.68 bits per heavy atom. The van der Waals surface area contributed by atoms with Crippen molar-refractivity contribution in [1.29, 1.82) is 0 Å². The van der Waals surface area contributed by atoms with Crippen LogP contribution in [0.25, 0.3) is 16.9 Å². The molecule has 0 spiro atoms. The number of imidazole rings is 1. The van der Waals surface area contributed by atoms with E-state index in [2.05, 4.69) is 9.97 Å². The first-order valence-corrected chi connectivity index (χ1v) is 7.68. The summed E-state index contributed by atoms with van der Waals surface area (Å²) in [6, 6.07) is 9.78. The Kier molecular flexibility index (Phi) is 4.08. The minimum absolute atomic E-state index is 0.135. The van der Waals surface area contributed by atoms with Gasteiger partial charge >= 0.3 is 0 Å². The zero-order valence-electron chi connectivity index (χ0n) is 11.3. The van der Waals surface area contributed by atoms with Gasteiger partial charge in [-0.3, -0.25) is 13.8 Å². The molecule has 1 aromatic carbocycles. The van der Waals surface area contributed by atoms with Crippen molar-refractivity contribution in [3.63, 3.8) is 0 Å². The van der Waals surface area contributed by atoms with Crippen molar-refractivity contribution in [3.8, 4) is 16.9 Å². The van der Waals surface area contributed by atoms with E-state index in [0.717, 1.165) is 0 Å². The summed E-state index contributed by atoms with van der Waals surface area (Å²) in [5, 5.41) is 0. The van der Waals surface area contributed by atoms with Crippen molar-refractivity contribution >= 4 is 11.1 Å². The standard InChI is InChI=1S/C15H12FN3O2S/c16-14-4-2-1-3-13(14)15-8-17-10-19(15)12-6-5-11(18-7-12)9-22(20)21/h1-8,10H,9H2,(H,20,21)/p-1. The molecule has 7 heteroatoms. The van der Waals surface area contributed by atoms with Gasteiger partial charge in [0.2, 0.25) is 0 Å². The lowest BCUT2D eigenvalue weighted by atomic mass is 10.1. The highest BCUT2D eigenvalue weighted by Crippen LogP contribution is 2.24. The molecule has 0 aliphatic carbocycles. The van der Waals surface area contributed by atoms with Crippen molar-refractivity contribution < 1.29 is 13.2 Å². The number of pyridine rings is 1. The Balaban J connectivity index is 1.99. The SMILES string of the molecule is O=S([O-])Cc1ccc(-n2cncc2-c2ccccc2F)cn1. The molecule has 22 heavy (non-hydrogen) atoms. The van der Waals surface area contributed by atoms with E-state index >= 15 is 0 Å². The highest BCUT2D eigenvalue weighted by molar-refractivity contribution is 7.78. The van der Waals surface area contributed by atoms with Gasteiger partial charge in [-0.1, -0.05) is 12.1 Å². The van der Waals surface area contributed by atoms with Crippen LogP contribution in [0.15, 0.2) is 55.1 Å². The normalized spacial score (nSPS) is 12.3. The molecular formula is C15H11FN3O2S-. The highest BCUT2D eigenvalue weighted by Gasteiger charge is 2.11. The molecule has 3 aromatic rings. The topological polar surface area (TPSA) is 70.8 Å². The quantitative estimate of drug-likeness (QED) is 0.693. The second kappa shape index (κ2) is 6.17. The first-order valence-electron chi connectivity index (χ1n) is 6.43. The third-order valence-electron chi connectivity index (χ3n) is 3.14. The maximum Gasteiger partial charge on any atom is 0.132 e. The van der Waals surface area contributed by atoms with Crippen LogP contribution < -0.4 is 0 Å². The van der Waals surface area contributed by atoms with Gasteiger partial charge in [-0.2, -0.15) is 0 Å². The van der Waals surface area contributed by atoms with E-state index in [1.807, 2.05) is 0 Å². The summed E-state index contributed by atoms with van der Waals surface area (Å²) in [6.45, 7) is 0. The lowest BCUT2D eigenvalue weighted by Crippen LogP contribution is -2.00. The fourth-order valence-electron chi connectivity index (χ4n) is 2.13. The van der Waals surface area contributed by atoms with Gasteiger partial charge in [-0.05, 0) is 35.3 Å². The summed E-state index contributed by atoms with van der Waals surface area (Å²) in [5.41, 5.74) is 2.16. The van der Waals surface area contributed by atoms with Gasteiger partial charge in [0.15, 0.2) is 0 Å². The molecule has 3 rings (SSSR count). The van der Waals surface area contributed by atoms with E-state index in [1.54, 1.807) is 47.4 Å². The van der Waals surface area contributed by atoms with Crippen LogP contribution in [0, 0.1) is 5.82 Å². The van der Waals surface area contributed by atoms with Crippen LogP contribution in [0.1, 0.15) is 5.69 Å². The van der Waals surface area contributed by atoms with Crippen molar-refractivity contribution in [2.75, 3.05) is 0 Å². The Morgan fingerprint density at radius 2 is 2.00 bits per heavy atom. The molecule has 0 saturated heterocycles. The van der Waals surface area contributed by atoms with E-state index in [9.17, 15) is 13.2 Å². The third kappa shape index (κ3) is 2.95. The molecule has 0 saturated carbocycles. The Hall–Kier alpha value is -2.38. The Morgan fingerprint density at radius 1 is 1.18 bits per heavy atom. The molecule has 0 amide bonds. The number of benzene rings is 1. The minimum Gasteiger partial charge on any atom is -0.772 e. The zero-order chi connectivity index (χ0) is 15.5. The van der Waals surface area contributed by atoms with Crippen LogP contribution in [-0.4, -0.2) is 23.3 Å². The number of rotatable bonds is 4. The lowest BCUT2D eigenvalue weighted by molar-refractivity contribution is 0.535. The van der Waals surface area contributed by atoms with Crippen molar-refractivity contribution in [1.82, 2.24) is 14.5 Å². The second-order valence-corrected chi connectivity index (χ2v) is 5.48.